The van der Waals surface area contributed by atoms with Gasteiger partial charge in [-0.05, 0) is 33.3 Å². The van der Waals surface area contributed by atoms with Crippen LogP contribution in [-0.4, -0.2) is 21.0 Å². The molecule has 1 rings (SSSR count). The Morgan fingerprint density at radius 2 is 2.07 bits per heavy atom. The monoisotopic (exact) mass is 194 g/mol. The molecule has 1 heterocycles. The number of rotatable bonds is 2. The van der Waals surface area contributed by atoms with Crippen molar-refractivity contribution in [3.63, 3.8) is 0 Å². The molecule has 1 aromatic rings. The highest BCUT2D eigenvalue weighted by molar-refractivity contribution is 5.67. The molecule has 0 aromatic carbocycles. The van der Waals surface area contributed by atoms with Crippen molar-refractivity contribution < 1.29 is 5.11 Å². The van der Waals surface area contributed by atoms with E-state index in [1.54, 1.807) is 6.92 Å². The van der Waals surface area contributed by atoms with Crippen molar-refractivity contribution in [3.05, 3.63) is 23.0 Å². The highest BCUT2D eigenvalue weighted by atomic mass is 16.3. The van der Waals surface area contributed by atoms with Gasteiger partial charge < -0.3 is 5.11 Å². The van der Waals surface area contributed by atoms with Crippen LogP contribution in [0.5, 0.6) is 0 Å². The van der Waals surface area contributed by atoms with E-state index < -0.39 is 6.10 Å². The minimum absolute atomic E-state index is 0.408. The fraction of sp³-hybridized carbons (Fsp3) is 0.545. The topological polar surface area (TPSA) is 38.1 Å². The van der Waals surface area contributed by atoms with E-state index in [0.29, 0.717) is 0 Å². The molecule has 0 saturated carbocycles. The van der Waals surface area contributed by atoms with Crippen LogP contribution in [0.3, 0.4) is 0 Å². The minimum atomic E-state index is -0.408. The van der Waals surface area contributed by atoms with Crippen molar-refractivity contribution >= 4 is 5.57 Å². The number of aliphatic hydroxyl groups excluding tert-OH is 1. The first kappa shape index (κ1) is 11.0. The molecule has 3 heteroatoms. The van der Waals surface area contributed by atoms with E-state index in [4.69, 9.17) is 0 Å². The summed E-state index contributed by atoms with van der Waals surface area (Å²) < 4.78 is 1.87. The number of aliphatic hydroxyl groups is 1. The van der Waals surface area contributed by atoms with Gasteiger partial charge in [-0.3, -0.25) is 4.68 Å². The SMILES string of the molecule is C/C(=C/C(C)O)c1c(C)nn(C)c1C. The van der Waals surface area contributed by atoms with Crippen LogP contribution in [0.4, 0.5) is 0 Å². The van der Waals surface area contributed by atoms with E-state index in [0.717, 1.165) is 22.5 Å². The summed E-state index contributed by atoms with van der Waals surface area (Å²) in [6, 6.07) is 0. The second-order valence-corrected chi connectivity index (χ2v) is 3.76. The van der Waals surface area contributed by atoms with Gasteiger partial charge in [0.1, 0.15) is 0 Å². The van der Waals surface area contributed by atoms with Crippen LogP contribution in [0.2, 0.25) is 0 Å². The maximum atomic E-state index is 9.27. The third kappa shape index (κ3) is 2.04. The lowest BCUT2D eigenvalue weighted by Crippen LogP contribution is -1.96. The summed E-state index contributed by atoms with van der Waals surface area (Å²) in [5.74, 6) is 0. The molecule has 3 nitrogen and oxygen atoms in total. The lowest BCUT2D eigenvalue weighted by atomic mass is 10.0. The number of hydrogen-bond donors (Lipinski definition) is 1. The van der Waals surface area contributed by atoms with E-state index >= 15 is 0 Å². The summed E-state index contributed by atoms with van der Waals surface area (Å²) in [7, 11) is 1.93. The first-order chi connectivity index (χ1) is 6.43. The van der Waals surface area contributed by atoms with Crippen LogP contribution in [-0.2, 0) is 7.05 Å². The molecular formula is C11H18N2O. The number of hydrogen-bond acceptors (Lipinski definition) is 2. The lowest BCUT2D eigenvalue weighted by molar-refractivity contribution is 0.244. The molecule has 0 bridgehead atoms. The Labute approximate surface area is 85.1 Å². The normalized spacial score (nSPS) is 14.6. The van der Waals surface area contributed by atoms with Gasteiger partial charge >= 0.3 is 0 Å². The maximum Gasteiger partial charge on any atom is 0.0698 e. The van der Waals surface area contributed by atoms with E-state index in [1.165, 1.54) is 0 Å². The minimum Gasteiger partial charge on any atom is -0.389 e. The van der Waals surface area contributed by atoms with E-state index in [9.17, 15) is 5.11 Å². The summed E-state index contributed by atoms with van der Waals surface area (Å²) >= 11 is 0. The molecule has 0 saturated heterocycles. The van der Waals surface area contributed by atoms with Crippen LogP contribution in [0.15, 0.2) is 6.08 Å². The van der Waals surface area contributed by atoms with Gasteiger partial charge in [-0.25, -0.2) is 0 Å². The van der Waals surface area contributed by atoms with Gasteiger partial charge in [-0.15, -0.1) is 0 Å². The summed E-state index contributed by atoms with van der Waals surface area (Å²) in [6.45, 7) is 7.78. The number of allylic oxidation sites excluding steroid dienone is 1. The predicted molar refractivity (Wildman–Crippen MR) is 58.0 cm³/mol. The average Bonchev–Trinajstić information content (AvgIpc) is 2.25. The molecular weight excluding hydrogens is 176 g/mol. The fourth-order valence-corrected chi connectivity index (χ4v) is 1.79. The van der Waals surface area contributed by atoms with Gasteiger partial charge in [0.15, 0.2) is 0 Å². The van der Waals surface area contributed by atoms with E-state index in [1.807, 2.05) is 38.6 Å². The Hall–Kier alpha value is -1.09. The van der Waals surface area contributed by atoms with E-state index in [-0.39, 0.29) is 0 Å². The second kappa shape index (κ2) is 3.96. The Morgan fingerprint density at radius 3 is 2.43 bits per heavy atom. The number of nitrogens with zero attached hydrogens (tertiary/aromatic N) is 2. The van der Waals surface area contributed by atoms with Gasteiger partial charge in [0.2, 0.25) is 0 Å². The third-order valence-corrected chi connectivity index (χ3v) is 2.39. The molecule has 1 aromatic heterocycles. The maximum absolute atomic E-state index is 9.27. The molecule has 0 aliphatic carbocycles. The van der Waals surface area contributed by atoms with Gasteiger partial charge in [-0.1, -0.05) is 6.08 Å². The molecule has 0 aliphatic rings. The van der Waals surface area contributed by atoms with Gasteiger partial charge in [0, 0.05) is 18.3 Å². The zero-order valence-corrected chi connectivity index (χ0v) is 9.50. The fourth-order valence-electron chi connectivity index (χ4n) is 1.79. The first-order valence-electron chi connectivity index (χ1n) is 4.80. The molecule has 1 unspecified atom stereocenters. The molecule has 0 radical (unpaired) electrons. The molecule has 14 heavy (non-hydrogen) atoms. The van der Waals surface area contributed by atoms with Crippen LogP contribution in [0.1, 0.15) is 30.8 Å². The van der Waals surface area contributed by atoms with Crippen molar-refractivity contribution in [1.82, 2.24) is 9.78 Å². The zero-order valence-electron chi connectivity index (χ0n) is 9.50. The Morgan fingerprint density at radius 1 is 1.50 bits per heavy atom. The second-order valence-electron chi connectivity index (χ2n) is 3.76. The Balaban J connectivity index is 3.19. The van der Waals surface area contributed by atoms with Gasteiger partial charge in [0.05, 0.1) is 11.8 Å². The van der Waals surface area contributed by atoms with Crippen molar-refractivity contribution in [2.24, 2.45) is 7.05 Å². The zero-order chi connectivity index (χ0) is 10.9. The molecule has 0 fully saturated rings. The molecule has 0 amide bonds. The van der Waals surface area contributed by atoms with Crippen LogP contribution in [0, 0.1) is 13.8 Å². The Kier molecular flexibility index (Phi) is 3.11. The number of aromatic nitrogens is 2. The largest absolute Gasteiger partial charge is 0.389 e. The van der Waals surface area contributed by atoms with Crippen LogP contribution in [0.25, 0.3) is 5.57 Å². The van der Waals surface area contributed by atoms with Crippen molar-refractivity contribution in [1.29, 1.82) is 0 Å². The van der Waals surface area contributed by atoms with Crippen molar-refractivity contribution in [3.8, 4) is 0 Å². The summed E-state index contributed by atoms with van der Waals surface area (Å²) in [4.78, 5) is 0. The molecule has 1 N–H and O–H groups in total. The molecule has 78 valence electrons. The van der Waals surface area contributed by atoms with Crippen molar-refractivity contribution in [2.75, 3.05) is 0 Å². The predicted octanol–water partition coefficient (Wildman–Crippen LogP) is 1.82. The van der Waals surface area contributed by atoms with Crippen molar-refractivity contribution in [2.45, 2.75) is 33.8 Å². The van der Waals surface area contributed by atoms with E-state index in [2.05, 4.69) is 5.10 Å². The molecule has 0 spiro atoms. The van der Waals surface area contributed by atoms with Crippen LogP contribution >= 0.6 is 0 Å². The highest BCUT2D eigenvalue weighted by Gasteiger charge is 2.10. The molecule has 0 aliphatic heterocycles. The third-order valence-electron chi connectivity index (χ3n) is 2.39. The van der Waals surface area contributed by atoms with Gasteiger partial charge in [0.25, 0.3) is 0 Å². The summed E-state index contributed by atoms with van der Waals surface area (Å²) in [5, 5.41) is 13.6. The summed E-state index contributed by atoms with van der Waals surface area (Å²) in [5.41, 5.74) is 4.38. The quantitative estimate of drug-likeness (QED) is 0.780. The number of aryl methyl sites for hydroxylation is 2. The van der Waals surface area contributed by atoms with Gasteiger partial charge in [-0.2, -0.15) is 5.10 Å². The lowest BCUT2D eigenvalue weighted by Gasteiger charge is -2.04. The van der Waals surface area contributed by atoms with Crippen LogP contribution < -0.4 is 0 Å². The Bertz CT molecular complexity index is 362. The smallest absolute Gasteiger partial charge is 0.0698 e. The first-order valence-corrected chi connectivity index (χ1v) is 4.80. The standard InChI is InChI=1S/C11H18N2O/c1-7(6-8(2)14)11-9(3)12-13(5)10(11)4/h6,8,14H,1-5H3/b7-6-. The highest BCUT2D eigenvalue weighted by Crippen LogP contribution is 2.21. The molecule has 1 atom stereocenters. The average molecular weight is 194 g/mol. The summed E-state index contributed by atoms with van der Waals surface area (Å²) in [6.07, 6.45) is 1.44.